The van der Waals surface area contributed by atoms with Crippen molar-refractivity contribution in [2.75, 3.05) is 5.75 Å². The Morgan fingerprint density at radius 2 is 2.31 bits per heavy atom. The van der Waals surface area contributed by atoms with Crippen molar-refractivity contribution in [2.45, 2.75) is 18.2 Å². The number of nitro groups is 1. The van der Waals surface area contributed by atoms with Crippen LogP contribution in [0.2, 0.25) is 5.02 Å². The number of benzene rings is 1. The standard InChI is InChI=1S/C10H9ClN2O2S/c1-2-7-5-8(11)10(16-4-3-12)6-9(7)13(14)15/h5-6H,2,4H2,1H3. The fourth-order valence-corrected chi connectivity index (χ4v) is 2.22. The SMILES string of the molecule is CCc1cc(Cl)c(SCC#N)cc1[N+](=O)[O-]. The summed E-state index contributed by atoms with van der Waals surface area (Å²) < 4.78 is 0. The van der Waals surface area contributed by atoms with Crippen LogP contribution in [0.5, 0.6) is 0 Å². The molecular formula is C10H9ClN2O2S. The monoisotopic (exact) mass is 256 g/mol. The van der Waals surface area contributed by atoms with Crippen molar-refractivity contribution in [3.63, 3.8) is 0 Å². The van der Waals surface area contributed by atoms with Crippen molar-refractivity contribution < 1.29 is 4.92 Å². The molecule has 0 saturated heterocycles. The number of nitro benzene ring substituents is 1. The lowest BCUT2D eigenvalue weighted by atomic mass is 10.1. The molecule has 0 saturated carbocycles. The van der Waals surface area contributed by atoms with E-state index in [-0.39, 0.29) is 11.4 Å². The number of hydrogen-bond donors (Lipinski definition) is 0. The highest BCUT2D eigenvalue weighted by Gasteiger charge is 2.16. The van der Waals surface area contributed by atoms with Gasteiger partial charge in [-0.3, -0.25) is 10.1 Å². The number of rotatable bonds is 4. The zero-order valence-corrected chi connectivity index (χ0v) is 10.1. The maximum atomic E-state index is 10.8. The third-order valence-electron chi connectivity index (χ3n) is 2.00. The summed E-state index contributed by atoms with van der Waals surface area (Å²) in [6, 6.07) is 4.99. The molecule has 0 fully saturated rings. The summed E-state index contributed by atoms with van der Waals surface area (Å²) in [6.45, 7) is 1.83. The Bertz CT molecular complexity index is 457. The van der Waals surface area contributed by atoms with E-state index >= 15 is 0 Å². The topological polar surface area (TPSA) is 66.9 Å². The second-order valence-corrected chi connectivity index (χ2v) is 4.39. The molecule has 0 atom stereocenters. The largest absolute Gasteiger partial charge is 0.273 e. The first kappa shape index (κ1) is 12.8. The van der Waals surface area contributed by atoms with Crippen molar-refractivity contribution in [3.8, 4) is 6.07 Å². The Balaban J connectivity index is 3.17. The molecule has 0 bridgehead atoms. The molecule has 1 aromatic rings. The molecule has 16 heavy (non-hydrogen) atoms. The molecule has 0 aromatic heterocycles. The summed E-state index contributed by atoms with van der Waals surface area (Å²) in [7, 11) is 0. The van der Waals surface area contributed by atoms with E-state index < -0.39 is 4.92 Å². The quantitative estimate of drug-likeness (QED) is 0.470. The second-order valence-electron chi connectivity index (χ2n) is 2.97. The minimum absolute atomic E-state index is 0.0624. The number of nitrogens with zero attached hydrogens (tertiary/aromatic N) is 2. The highest BCUT2D eigenvalue weighted by molar-refractivity contribution is 7.99. The van der Waals surface area contributed by atoms with E-state index in [0.29, 0.717) is 21.9 Å². The van der Waals surface area contributed by atoms with Crippen molar-refractivity contribution in [1.82, 2.24) is 0 Å². The Morgan fingerprint density at radius 3 is 2.81 bits per heavy atom. The van der Waals surface area contributed by atoms with Gasteiger partial charge in [-0.2, -0.15) is 5.26 Å². The number of nitriles is 1. The molecule has 0 heterocycles. The van der Waals surface area contributed by atoms with Gasteiger partial charge in [-0.05, 0) is 12.5 Å². The van der Waals surface area contributed by atoms with Gasteiger partial charge in [0.05, 0.1) is 21.8 Å². The Kier molecular flexibility index (Phi) is 4.59. The number of hydrogen-bond acceptors (Lipinski definition) is 4. The van der Waals surface area contributed by atoms with Crippen LogP contribution in [-0.4, -0.2) is 10.7 Å². The molecule has 6 heteroatoms. The van der Waals surface area contributed by atoms with E-state index in [0.717, 1.165) is 0 Å². The van der Waals surface area contributed by atoms with E-state index in [1.165, 1.54) is 17.8 Å². The van der Waals surface area contributed by atoms with Gasteiger partial charge in [0.25, 0.3) is 5.69 Å². The van der Waals surface area contributed by atoms with Crippen LogP contribution in [0.1, 0.15) is 12.5 Å². The maximum absolute atomic E-state index is 10.8. The Hall–Kier alpha value is -1.25. The zero-order chi connectivity index (χ0) is 12.1. The van der Waals surface area contributed by atoms with Crippen LogP contribution in [0.4, 0.5) is 5.69 Å². The van der Waals surface area contributed by atoms with Crippen LogP contribution in [0.15, 0.2) is 17.0 Å². The minimum Gasteiger partial charge on any atom is -0.258 e. The van der Waals surface area contributed by atoms with Gasteiger partial charge in [-0.1, -0.05) is 18.5 Å². The first-order valence-corrected chi connectivity index (χ1v) is 5.93. The lowest BCUT2D eigenvalue weighted by molar-refractivity contribution is -0.385. The average Bonchev–Trinajstić information content (AvgIpc) is 2.26. The molecule has 1 rings (SSSR count). The summed E-state index contributed by atoms with van der Waals surface area (Å²) in [4.78, 5) is 11.0. The lowest BCUT2D eigenvalue weighted by Gasteiger charge is -2.05. The van der Waals surface area contributed by atoms with E-state index in [1.807, 2.05) is 13.0 Å². The van der Waals surface area contributed by atoms with Crippen LogP contribution in [0.3, 0.4) is 0 Å². The summed E-state index contributed by atoms with van der Waals surface area (Å²) in [5.74, 6) is 0.225. The number of thioether (sulfide) groups is 1. The molecule has 0 spiro atoms. The molecule has 0 aliphatic rings. The lowest BCUT2D eigenvalue weighted by Crippen LogP contribution is -1.95. The Labute approximate surface area is 102 Å². The molecule has 0 N–H and O–H groups in total. The van der Waals surface area contributed by atoms with Crippen LogP contribution in [-0.2, 0) is 6.42 Å². The summed E-state index contributed by atoms with van der Waals surface area (Å²) >= 11 is 7.17. The van der Waals surface area contributed by atoms with E-state index in [9.17, 15) is 10.1 Å². The van der Waals surface area contributed by atoms with Gasteiger partial charge in [-0.25, -0.2) is 0 Å². The van der Waals surface area contributed by atoms with Gasteiger partial charge >= 0.3 is 0 Å². The predicted octanol–water partition coefficient (Wildman–Crippen LogP) is 3.43. The van der Waals surface area contributed by atoms with E-state index in [4.69, 9.17) is 16.9 Å². The highest BCUT2D eigenvalue weighted by Crippen LogP contribution is 2.33. The predicted molar refractivity (Wildman–Crippen MR) is 63.8 cm³/mol. The molecule has 1 aromatic carbocycles. The summed E-state index contributed by atoms with van der Waals surface area (Å²) in [6.07, 6.45) is 0.555. The second kappa shape index (κ2) is 5.73. The van der Waals surface area contributed by atoms with E-state index in [1.54, 1.807) is 6.07 Å². The van der Waals surface area contributed by atoms with Gasteiger partial charge in [0.1, 0.15) is 0 Å². The molecule has 0 aliphatic heterocycles. The number of aryl methyl sites for hydroxylation is 1. The molecular weight excluding hydrogens is 248 g/mol. The first-order chi connectivity index (χ1) is 7.60. The molecule has 0 aliphatic carbocycles. The molecule has 84 valence electrons. The van der Waals surface area contributed by atoms with Crippen LogP contribution in [0, 0.1) is 21.4 Å². The fourth-order valence-electron chi connectivity index (χ4n) is 1.26. The highest BCUT2D eigenvalue weighted by atomic mass is 35.5. The molecule has 0 radical (unpaired) electrons. The maximum Gasteiger partial charge on any atom is 0.273 e. The van der Waals surface area contributed by atoms with Crippen molar-refractivity contribution >= 4 is 29.1 Å². The summed E-state index contributed by atoms with van der Waals surface area (Å²) in [5.41, 5.74) is 0.670. The van der Waals surface area contributed by atoms with Gasteiger partial charge in [-0.15, -0.1) is 11.8 Å². The fraction of sp³-hybridized carbons (Fsp3) is 0.300. The first-order valence-electron chi connectivity index (χ1n) is 4.56. The van der Waals surface area contributed by atoms with Crippen LogP contribution in [0.25, 0.3) is 0 Å². The normalized spacial score (nSPS) is 9.81. The molecule has 0 amide bonds. The van der Waals surface area contributed by atoms with Crippen molar-refractivity contribution in [1.29, 1.82) is 5.26 Å². The third-order valence-corrected chi connectivity index (χ3v) is 3.35. The van der Waals surface area contributed by atoms with Gasteiger partial charge in [0.15, 0.2) is 0 Å². The summed E-state index contributed by atoms with van der Waals surface area (Å²) in [5, 5.41) is 19.7. The average molecular weight is 257 g/mol. The number of halogens is 1. The van der Waals surface area contributed by atoms with Crippen LogP contribution >= 0.6 is 23.4 Å². The van der Waals surface area contributed by atoms with Crippen molar-refractivity contribution in [3.05, 3.63) is 32.8 Å². The van der Waals surface area contributed by atoms with E-state index in [2.05, 4.69) is 0 Å². The van der Waals surface area contributed by atoms with Gasteiger partial charge in [0.2, 0.25) is 0 Å². The van der Waals surface area contributed by atoms with Crippen molar-refractivity contribution in [2.24, 2.45) is 0 Å². The molecule has 4 nitrogen and oxygen atoms in total. The zero-order valence-electron chi connectivity index (χ0n) is 8.57. The minimum atomic E-state index is -0.425. The Morgan fingerprint density at radius 1 is 1.62 bits per heavy atom. The van der Waals surface area contributed by atoms with Gasteiger partial charge < -0.3 is 0 Å². The third kappa shape index (κ3) is 2.87. The molecule has 0 unspecified atom stereocenters. The smallest absolute Gasteiger partial charge is 0.258 e. The van der Waals surface area contributed by atoms with Gasteiger partial charge in [0, 0.05) is 16.5 Å². The van der Waals surface area contributed by atoms with Crippen LogP contribution < -0.4 is 0 Å².